The van der Waals surface area contributed by atoms with E-state index in [-0.39, 0.29) is 11.6 Å². The van der Waals surface area contributed by atoms with Crippen LogP contribution in [0.2, 0.25) is 0 Å². The average molecular weight is 669 g/mol. The highest BCUT2D eigenvalue weighted by Gasteiger charge is 2.19. The van der Waals surface area contributed by atoms with Crippen molar-refractivity contribution in [2.75, 3.05) is 32.0 Å². The van der Waals surface area contributed by atoms with Crippen LogP contribution in [0, 0.1) is 0 Å². The largest absolute Gasteiger partial charge is 0.496 e. The highest BCUT2D eigenvalue weighted by Crippen LogP contribution is 2.36. The Kier molecular flexibility index (Phi) is 10.8. The van der Waals surface area contributed by atoms with E-state index in [2.05, 4.69) is 20.9 Å². The van der Waals surface area contributed by atoms with E-state index in [0.717, 1.165) is 15.1 Å². The normalized spacial score (nSPS) is 11.8. The molecule has 1 atom stereocenters. The molecule has 0 saturated carbocycles. The van der Waals surface area contributed by atoms with Crippen LogP contribution in [0.4, 0.5) is 10.8 Å². The minimum Gasteiger partial charge on any atom is -0.496 e. The first-order valence-electron chi connectivity index (χ1n) is 14.4. The highest BCUT2D eigenvalue weighted by molar-refractivity contribution is 8.00. The third-order valence-electron chi connectivity index (χ3n) is 6.88. The zero-order chi connectivity index (χ0) is 33.3. The summed E-state index contributed by atoms with van der Waals surface area (Å²) >= 11 is 2.80. The Morgan fingerprint density at radius 3 is 2.15 bits per heavy atom. The van der Waals surface area contributed by atoms with Gasteiger partial charge >= 0.3 is 0 Å². The third kappa shape index (κ3) is 8.29. The molecule has 1 unspecified atom stereocenters. The number of benzene rings is 4. The number of rotatable bonds is 12. The van der Waals surface area contributed by atoms with Crippen LogP contribution in [0.25, 0.3) is 16.3 Å². The van der Waals surface area contributed by atoms with E-state index >= 15 is 0 Å². The maximum atomic E-state index is 13.6. The second-order valence-electron chi connectivity index (χ2n) is 10.0. The van der Waals surface area contributed by atoms with Crippen molar-refractivity contribution in [2.45, 2.75) is 17.1 Å². The summed E-state index contributed by atoms with van der Waals surface area (Å²) in [7, 11) is 4.50. The summed E-state index contributed by atoms with van der Waals surface area (Å²) in [4.78, 5) is 44.9. The quantitative estimate of drug-likeness (QED) is 0.0973. The molecule has 3 amide bonds. The van der Waals surface area contributed by atoms with Crippen molar-refractivity contribution < 1.29 is 28.6 Å². The summed E-state index contributed by atoms with van der Waals surface area (Å²) in [5.41, 5.74) is 2.17. The fraction of sp³-hybridized carbons (Fsp3) is 0.143. The molecular weight excluding hydrogens is 637 g/mol. The second kappa shape index (κ2) is 15.3. The van der Waals surface area contributed by atoms with Gasteiger partial charge in [0, 0.05) is 27.8 Å². The Balaban J connectivity index is 1.31. The number of methoxy groups -OCH3 is 3. The number of fused-ring (bicyclic) bond motifs is 1. The summed E-state index contributed by atoms with van der Waals surface area (Å²) in [6, 6.07) is 26.7. The number of anilines is 2. The van der Waals surface area contributed by atoms with Crippen LogP contribution in [0.1, 0.15) is 22.8 Å². The van der Waals surface area contributed by atoms with Gasteiger partial charge in [0.1, 0.15) is 11.4 Å². The first-order valence-corrected chi connectivity index (χ1v) is 16.1. The van der Waals surface area contributed by atoms with Crippen molar-refractivity contribution in [3.63, 3.8) is 0 Å². The van der Waals surface area contributed by atoms with Crippen LogP contribution in [0.5, 0.6) is 17.2 Å². The van der Waals surface area contributed by atoms with Crippen molar-refractivity contribution in [3.8, 4) is 17.2 Å². The predicted octanol–water partition coefficient (Wildman–Crippen LogP) is 6.85. The summed E-state index contributed by atoms with van der Waals surface area (Å²) in [6.07, 6.45) is 1.51. The number of carbonyl (C=O) groups excluding carboxylic acids is 3. The molecule has 12 heteroatoms. The molecule has 0 radical (unpaired) electrons. The highest BCUT2D eigenvalue weighted by atomic mass is 32.2. The van der Waals surface area contributed by atoms with Gasteiger partial charge in [0.25, 0.3) is 11.8 Å². The fourth-order valence-corrected chi connectivity index (χ4v) is 6.21. The zero-order valence-corrected chi connectivity index (χ0v) is 27.7. The summed E-state index contributed by atoms with van der Waals surface area (Å²) < 4.78 is 17.3. The van der Waals surface area contributed by atoms with E-state index in [9.17, 15) is 14.4 Å². The Labute approximate surface area is 280 Å². The van der Waals surface area contributed by atoms with Gasteiger partial charge in [-0.25, -0.2) is 4.98 Å². The van der Waals surface area contributed by atoms with Gasteiger partial charge in [-0.3, -0.25) is 14.4 Å². The van der Waals surface area contributed by atoms with Crippen LogP contribution >= 0.6 is 23.1 Å². The van der Waals surface area contributed by atoms with Crippen LogP contribution in [-0.4, -0.2) is 49.3 Å². The van der Waals surface area contributed by atoms with Gasteiger partial charge in [0.2, 0.25) is 5.91 Å². The van der Waals surface area contributed by atoms with Crippen LogP contribution in [0.3, 0.4) is 0 Å². The predicted molar refractivity (Wildman–Crippen MR) is 187 cm³/mol. The zero-order valence-electron chi connectivity index (χ0n) is 26.0. The molecule has 0 spiro atoms. The summed E-state index contributed by atoms with van der Waals surface area (Å²) in [6.45, 7) is 1.82. The number of ether oxygens (including phenoxy) is 3. The maximum Gasteiger partial charge on any atom is 0.272 e. The lowest BCUT2D eigenvalue weighted by molar-refractivity contribution is -0.115. The van der Waals surface area contributed by atoms with Gasteiger partial charge in [0.15, 0.2) is 16.6 Å². The standard InChI is InChI=1S/C35H32N4O6S2/c1-21(32(40)39-35-38-26-12-8-9-13-31(26)47-35)46-25-16-14-24(15-17-25)36-34(42)27(37-33(41)22-10-6-5-7-11-22)18-23-19-29(44-3)30(45-4)20-28(23)43-2/h5-21H,1-4H3,(H,36,42)(H,37,41)(H,38,39,40)/b27-18-. The Morgan fingerprint density at radius 1 is 0.809 bits per heavy atom. The van der Waals surface area contributed by atoms with Crippen LogP contribution in [-0.2, 0) is 9.59 Å². The molecule has 0 saturated heterocycles. The van der Waals surface area contributed by atoms with Gasteiger partial charge < -0.3 is 30.2 Å². The van der Waals surface area contributed by atoms with Crippen molar-refractivity contribution in [3.05, 3.63) is 108 Å². The molecule has 0 aliphatic rings. The molecule has 5 aromatic rings. The van der Waals surface area contributed by atoms with E-state index in [4.69, 9.17) is 14.2 Å². The number of hydrogen-bond donors (Lipinski definition) is 3. The van der Waals surface area contributed by atoms with E-state index in [1.54, 1.807) is 54.6 Å². The number of aromatic nitrogens is 1. The fourth-order valence-electron chi connectivity index (χ4n) is 4.47. The number of nitrogens with zero attached hydrogens (tertiary/aromatic N) is 1. The van der Waals surface area contributed by atoms with Gasteiger partial charge in [0.05, 0.1) is 36.8 Å². The van der Waals surface area contributed by atoms with Crippen molar-refractivity contribution >= 4 is 67.9 Å². The molecule has 240 valence electrons. The first-order chi connectivity index (χ1) is 22.8. The molecule has 0 bridgehead atoms. The Hall–Kier alpha value is -5.33. The monoisotopic (exact) mass is 668 g/mol. The minimum absolute atomic E-state index is 0.0250. The van der Waals surface area contributed by atoms with Gasteiger partial charge in [-0.1, -0.05) is 41.7 Å². The third-order valence-corrected chi connectivity index (χ3v) is 8.95. The Morgan fingerprint density at radius 2 is 1.47 bits per heavy atom. The van der Waals surface area contributed by atoms with Crippen molar-refractivity contribution in [2.24, 2.45) is 0 Å². The number of hydrogen-bond acceptors (Lipinski definition) is 9. The first kappa shape index (κ1) is 33.0. The molecule has 5 rings (SSSR count). The number of amides is 3. The number of thiazole rings is 1. The molecule has 47 heavy (non-hydrogen) atoms. The number of para-hydroxylation sites is 1. The van der Waals surface area contributed by atoms with E-state index in [1.165, 1.54) is 50.5 Å². The van der Waals surface area contributed by atoms with E-state index in [0.29, 0.717) is 39.2 Å². The molecule has 0 aliphatic heterocycles. The molecule has 1 heterocycles. The Bertz CT molecular complexity index is 1890. The van der Waals surface area contributed by atoms with Crippen LogP contribution < -0.4 is 30.2 Å². The molecule has 10 nitrogen and oxygen atoms in total. The lowest BCUT2D eigenvalue weighted by Crippen LogP contribution is -2.30. The average Bonchev–Trinajstić information content (AvgIpc) is 3.51. The van der Waals surface area contributed by atoms with Crippen LogP contribution in [0.15, 0.2) is 102 Å². The molecular formula is C35H32N4O6S2. The topological polar surface area (TPSA) is 128 Å². The number of thioether (sulfide) groups is 1. The van der Waals surface area contributed by atoms with Crippen molar-refractivity contribution in [1.82, 2.24) is 10.3 Å². The molecule has 3 N–H and O–H groups in total. The smallest absolute Gasteiger partial charge is 0.272 e. The van der Waals surface area contributed by atoms with Gasteiger partial charge in [-0.05, 0) is 67.6 Å². The minimum atomic E-state index is -0.560. The van der Waals surface area contributed by atoms with E-state index < -0.39 is 17.1 Å². The lowest BCUT2D eigenvalue weighted by atomic mass is 10.1. The molecule has 0 fully saturated rings. The summed E-state index contributed by atoms with van der Waals surface area (Å²) in [5, 5.41) is 8.62. The van der Waals surface area contributed by atoms with E-state index in [1.807, 2.05) is 43.3 Å². The molecule has 1 aromatic heterocycles. The lowest BCUT2D eigenvalue weighted by Gasteiger charge is -2.15. The summed E-state index contributed by atoms with van der Waals surface area (Å²) in [5.74, 6) is 0.0871. The van der Waals surface area contributed by atoms with Crippen molar-refractivity contribution in [1.29, 1.82) is 0 Å². The maximum absolute atomic E-state index is 13.6. The SMILES string of the molecule is COc1cc(OC)c(OC)cc1/C=C(\NC(=O)c1ccccc1)C(=O)Nc1ccc(SC(C)C(=O)Nc2nc3ccccc3s2)cc1. The van der Waals surface area contributed by atoms with Gasteiger partial charge in [-0.2, -0.15) is 0 Å². The second-order valence-corrected chi connectivity index (χ2v) is 12.5. The molecule has 0 aliphatic carbocycles. The molecule has 4 aromatic carbocycles. The van der Waals surface area contributed by atoms with Gasteiger partial charge in [-0.15, -0.1) is 11.8 Å². The number of carbonyl (C=O) groups is 3. The number of nitrogens with one attached hydrogen (secondary N) is 3.